The van der Waals surface area contributed by atoms with Crippen LogP contribution in [0.2, 0.25) is 0 Å². The fraction of sp³-hybridized carbons (Fsp3) is 0.524. The van der Waals surface area contributed by atoms with Gasteiger partial charge < -0.3 is 10.1 Å². The Bertz CT molecular complexity index is 918. The van der Waals surface area contributed by atoms with Gasteiger partial charge in [0.05, 0.1) is 24.3 Å². The summed E-state index contributed by atoms with van der Waals surface area (Å²) in [7, 11) is 0. The molecule has 5 rings (SSSR count). The van der Waals surface area contributed by atoms with E-state index in [0.29, 0.717) is 36.8 Å². The Morgan fingerprint density at radius 1 is 1.07 bits per heavy atom. The van der Waals surface area contributed by atoms with Crippen molar-refractivity contribution in [1.29, 1.82) is 0 Å². The van der Waals surface area contributed by atoms with Gasteiger partial charge in [-0.15, -0.1) is 0 Å². The summed E-state index contributed by atoms with van der Waals surface area (Å²) in [6.07, 6.45) is 0.273. The van der Waals surface area contributed by atoms with Gasteiger partial charge in [0, 0.05) is 44.6 Å². The van der Waals surface area contributed by atoms with Crippen LogP contribution in [0, 0.1) is 5.92 Å². The Balaban J connectivity index is 1.41. The molecule has 4 aliphatic rings. The lowest BCUT2D eigenvalue weighted by Crippen LogP contribution is -2.54. The van der Waals surface area contributed by atoms with Crippen molar-refractivity contribution in [3.05, 3.63) is 34.9 Å². The minimum Gasteiger partial charge on any atom is -0.379 e. The fourth-order valence-electron chi connectivity index (χ4n) is 4.90. The van der Waals surface area contributed by atoms with Crippen LogP contribution in [0.1, 0.15) is 39.1 Å². The number of piperidine rings is 1. The number of imide groups is 2. The topological polar surface area (TPSA) is 108 Å². The largest absolute Gasteiger partial charge is 0.379 e. The number of ether oxygens (including phenoxy) is 1. The molecule has 3 saturated heterocycles. The number of benzene rings is 1. The van der Waals surface area contributed by atoms with E-state index < -0.39 is 23.8 Å². The molecule has 158 valence electrons. The van der Waals surface area contributed by atoms with Crippen LogP contribution in [0.25, 0.3) is 0 Å². The van der Waals surface area contributed by atoms with Gasteiger partial charge in [0.15, 0.2) is 0 Å². The Kier molecular flexibility index (Phi) is 4.88. The number of carbonyl (C=O) groups is 4. The van der Waals surface area contributed by atoms with Crippen LogP contribution in [-0.4, -0.2) is 78.4 Å². The Labute approximate surface area is 173 Å². The van der Waals surface area contributed by atoms with Crippen molar-refractivity contribution in [2.45, 2.75) is 31.5 Å². The summed E-state index contributed by atoms with van der Waals surface area (Å²) < 4.78 is 5.71. The lowest BCUT2D eigenvalue weighted by molar-refractivity contribution is -0.136. The van der Waals surface area contributed by atoms with E-state index in [1.807, 2.05) is 6.07 Å². The molecule has 0 radical (unpaired) electrons. The molecule has 3 fully saturated rings. The van der Waals surface area contributed by atoms with E-state index in [0.717, 1.165) is 30.1 Å². The van der Waals surface area contributed by atoms with Crippen LogP contribution in [-0.2, 0) is 20.9 Å². The summed E-state index contributed by atoms with van der Waals surface area (Å²) in [5.74, 6) is -1.50. The number of hydrogen-bond acceptors (Lipinski definition) is 7. The predicted octanol–water partition coefficient (Wildman–Crippen LogP) is -0.492. The molecule has 4 aliphatic heterocycles. The molecular weight excluding hydrogens is 388 g/mol. The molecule has 4 heterocycles. The third kappa shape index (κ3) is 3.32. The van der Waals surface area contributed by atoms with E-state index in [9.17, 15) is 19.2 Å². The Morgan fingerprint density at radius 2 is 1.93 bits per heavy atom. The van der Waals surface area contributed by atoms with Crippen molar-refractivity contribution in [3.8, 4) is 0 Å². The number of amides is 4. The molecule has 3 atom stereocenters. The maximum atomic E-state index is 13.2. The third-order valence-corrected chi connectivity index (χ3v) is 6.31. The van der Waals surface area contributed by atoms with Gasteiger partial charge in [0.1, 0.15) is 6.04 Å². The maximum absolute atomic E-state index is 13.2. The van der Waals surface area contributed by atoms with E-state index in [4.69, 9.17) is 4.74 Å². The number of fused-ring (bicyclic) bond motifs is 4. The molecule has 1 aromatic carbocycles. The van der Waals surface area contributed by atoms with Crippen molar-refractivity contribution >= 4 is 23.6 Å². The molecule has 9 heteroatoms. The van der Waals surface area contributed by atoms with Gasteiger partial charge in [-0.3, -0.25) is 34.3 Å². The van der Waals surface area contributed by atoms with Gasteiger partial charge in [-0.2, -0.15) is 0 Å². The third-order valence-electron chi connectivity index (χ3n) is 6.31. The first kappa shape index (κ1) is 19.3. The maximum Gasteiger partial charge on any atom is 0.262 e. The molecule has 2 bridgehead atoms. The number of nitrogens with zero attached hydrogens (tertiary/aromatic N) is 2. The minimum absolute atomic E-state index is 0.113. The molecule has 30 heavy (non-hydrogen) atoms. The fourth-order valence-corrected chi connectivity index (χ4v) is 4.90. The summed E-state index contributed by atoms with van der Waals surface area (Å²) in [5, 5.41) is 5.75. The van der Waals surface area contributed by atoms with Gasteiger partial charge in [-0.25, -0.2) is 0 Å². The van der Waals surface area contributed by atoms with Crippen molar-refractivity contribution in [1.82, 2.24) is 20.4 Å². The van der Waals surface area contributed by atoms with Gasteiger partial charge in [0.25, 0.3) is 11.8 Å². The molecule has 2 N–H and O–H groups in total. The van der Waals surface area contributed by atoms with Gasteiger partial charge in [-0.05, 0) is 18.1 Å². The van der Waals surface area contributed by atoms with Crippen LogP contribution in [0.4, 0.5) is 0 Å². The minimum atomic E-state index is -0.943. The average molecular weight is 412 g/mol. The van der Waals surface area contributed by atoms with Gasteiger partial charge >= 0.3 is 0 Å². The lowest BCUT2D eigenvalue weighted by atomic mass is 10.0. The standard InChI is InChI=1S/C21H24N4O5/c26-17-5-4-16(19(27)23-17)25-20(28)15-3-1-2-13(18(15)21(25)29)8-24-7-12-6-22-14(9-24)11-30-10-12/h1-3,12,14,16,22H,4-11H2,(H,23,26,27)/t12-,14-,16?/m1/s1. The summed E-state index contributed by atoms with van der Waals surface area (Å²) in [4.78, 5) is 53.3. The van der Waals surface area contributed by atoms with Crippen LogP contribution in [0.5, 0.6) is 0 Å². The second-order valence-corrected chi connectivity index (χ2v) is 8.49. The number of rotatable bonds is 3. The lowest BCUT2D eigenvalue weighted by Gasteiger charge is -2.29. The van der Waals surface area contributed by atoms with Crippen molar-refractivity contribution in [3.63, 3.8) is 0 Å². The van der Waals surface area contributed by atoms with Crippen LogP contribution >= 0.6 is 0 Å². The van der Waals surface area contributed by atoms with E-state index in [1.165, 1.54) is 0 Å². The highest BCUT2D eigenvalue weighted by atomic mass is 16.5. The Morgan fingerprint density at radius 3 is 2.77 bits per heavy atom. The van der Waals surface area contributed by atoms with E-state index >= 15 is 0 Å². The molecule has 0 aliphatic carbocycles. The van der Waals surface area contributed by atoms with E-state index in [1.54, 1.807) is 12.1 Å². The van der Waals surface area contributed by atoms with E-state index in [-0.39, 0.29) is 24.8 Å². The molecule has 1 unspecified atom stereocenters. The summed E-state index contributed by atoms with van der Waals surface area (Å²) in [5.41, 5.74) is 1.51. The normalized spacial score (nSPS) is 29.6. The van der Waals surface area contributed by atoms with Crippen molar-refractivity contribution in [2.75, 3.05) is 32.8 Å². The van der Waals surface area contributed by atoms with E-state index in [2.05, 4.69) is 15.5 Å². The molecular formula is C21H24N4O5. The highest BCUT2D eigenvalue weighted by molar-refractivity contribution is 6.24. The van der Waals surface area contributed by atoms with Gasteiger partial charge in [0.2, 0.25) is 11.8 Å². The zero-order chi connectivity index (χ0) is 20.8. The van der Waals surface area contributed by atoms with Crippen molar-refractivity contribution < 1.29 is 23.9 Å². The number of nitrogens with one attached hydrogen (secondary N) is 2. The predicted molar refractivity (Wildman–Crippen MR) is 104 cm³/mol. The summed E-state index contributed by atoms with van der Waals surface area (Å²) in [6, 6.07) is 4.60. The second-order valence-electron chi connectivity index (χ2n) is 8.49. The Hall–Kier alpha value is -2.62. The monoisotopic (exact) mass is 412 g/mol. The quantitative estimate of drug-likeness (QED) is 0.645. The average Bonchev–Trinajstić information content (AvgIpc) is 2.90. The molecule has 0 saturated carbocycles. The molecule has 9 nitrogen and oxygen atoms in total. The van der Waals surface area contributed by atoms with Crippen LogP contribution < -0.4 is 10.6 Å². The van der Waals surface area contributed by atoms with Crippen LogP contribution in [0.3, 0.4) is 0 Å². The summed E-state index contributed by atoms with van der Waals surface area (Å²) in [6.45, 7) is 4.51. The van der Waals surface area contributed by atoms with Gasteiger partial charge in [-0.1, -0.05) is 12.1 Å². The zero-order valence-electron chi connectivity index (χ0n) is 16.6. The molecule has 4 amide bonds. The summed E-state index contributed by atoms with van der Waals surface area (Å²) >= 11 is 0. The smallest absolute Gasteiger partial charge is 0.262 e. The first-order valence-corrected chi connectivity index (χ1v) is 10.4. The molecule has 0 spiro atoms. The first-order valence-electron chi connectivity index (χ1n) is 10.4. The molecule has 0 aromatic heterocycles. The number of carbonyl (C=O) groups excluding carboxylic acids is 4. The van der Waals surface area contributed by atoms with Crippen molar-refractivity contribution in [2.24, 2.45) is 5.92 Å². The SMILES string of the molecule is O=C1CCC(N2C(=O)c3cccc(CN4C[C@H]5CN[C@@H](COC5)C4)c3C2=O)C(=O)N1. The number of hydrogen-bond donors (Lipinski definition) is 2. The van der Waals surface area contributed by atoms with Crippen LogP contribution in [0.15, 0.2) is 18.2 Å². The first-order chi connectivity index (χ1) is 14.5. The highest BCUT2D eigenvalue weighted by Gasteiger charge is 2.45. The zero-order valence-corrected chi connectivity index (χ0v) is 16.6. The second kappa shape index (κ2) is 7.57. The highest BCUT2D eigenvalue weighted by Crippen LogP contribution is 2.31. The molecule has 1 aromatic rings.